The topological polar surface area (TPSA) is 83.6 Å². The van der Waals surface area contributed by atoms with Gasteiger partial charge in [-0.05, 0) is 66.0 Å². The van der Waals surface area contributed by atoms with Gasteiger partial charge in [0.05, 0.1) is 30.2 Å². The van der Waals surface area contributed by atoms with Crippen molar-refractivity contribution in [2.75, 3.05) is 40.3 Å². The van der Waals surface area contributed by atoms with Gasteiger partial charge in [0.2, 0.25) is 10.0 Å². The van der Waals surface area contributed by atoms with E-state index in [1.165, 1.54) is 6.42 Å². The van der Waals surface area contributed by atoms with Crippen LogP contribution in [-0.2, 0) is 16.6 Å². The first-order valence-electron chi connectivity index (χ1n) is 10.3. The number of furan rings is 1. The number of hydrogen-bond donors (Lipinski definition) is 1. The van der Waals surface area contributed by atoms with Crippen molar-refractivity contribution in [3.8, 4) is 0 Å². The van der Waals surface area contributed by atoms with Crippen LogP contribution in [0.5, 0.6) is 0 Å². The van der Waals surface area contributed by atoms with Gasteiger partial charge >= 0.3 is 0 Å². The summed E-state index contributed by atoms with van der Waals surface area (Å²) in [5.74, 6) is 0.796. The quantitative estimate of drug-likeness (QED) is 0.665. The van der Waals surface area contributed by atoms with E-state index in [2.05, 4.69) is 19.6 Å². The van der Waals surface area contributed by atoms with Crippen LogP contribution >= 0.6 is 0 Å². The number of rotatable bonds is 9. The number of hydrogen-bond acceptors (Lipinski definition) is 6. The van der Waals surface area contributed by atoms with Crippen LogP contribution in [-0.4, -0.2) is 68.3 Å². The minimum absolute atomic E-state index is 0.107. The number of piperidine rings is 1. The molecule has 9 heteroatoms. The van der Waals surface area contributed by atoms with E-state index in [9.17, 15) is 8.42 Å². The molecule has 1 fully saturated rings. The molecule has 29 heavy (non-hydrogen) atoms. The first kappa shape index (κ1) is 22.0. The molecule has 1 saturated heterocycles. The van der Waals surface area contributed by atoms with Crippen LogP contribution < -0.4 is 4.72 Å². The fourth-order valence-corrected chi connectivity index (χ4v) is 5.41. The van der Waals surface area contributed by atoms with Gasteiger partial charge in [0, 0.05) is 13.1 Å². The highest BCUT2D eigenvalue weighted by molar-refractivity contribution is 7.89. The van der Waals surface area contributed by atoms with Crippen molar-refractivity contribution in [1.29, 1.82) is 0 Å². The summed E-state index contributed by atoms with van der Waals surface area (Å²) in [6, 6.07) is 3.66. The van der Waals surface area contributed by atoms with Gasteiger partial charge in [0.25, 0.3) is 0 Å². The van der Waals surface area contributed by atoms with E-state index in [1.807, 2.05) is 33.2 Å². The highest BCUT2D eigenvalue weighted by Gasteiger charge is 2.29. The van der Waals surface area contributed by atoms with Gasteiger partial charge in [-0.15, -0.1) is 0 Å². The number of likely N-dealkylation sites (N-methyl/N-ethyl adjacent to an activating group) is 1. The number of aromatic nitrogens is 2. The normalized spacial score (nSPS) is 17.1. The minimum atomic E-state index is -3.68. The molecule has 2 aromatic heterocycles. The van der Waals surface area contributed by atoms with Gasteiger partial charge in [-0.3, -0.25) is 9.58 Å². The summed E-state index contributed by atoms with van der Waals surface area (Å²) in [5, 5.41) is 4.46. The summed E-state index contributed by atoms with van der Waals surface area (Å²) in [7, 11) is 0.293. The van der Waals surface area contributed by atoms with Crippen molar-refractivity contribution >= 4 is 10.0 Å². The monoisotopic (exact) mass is 423 g/mol. The minimum Gasteiger partial charge on any atom is -0.468 e. The van der Waals surface area contributed by atoms with Crippen molar-refractivity contribution in [3.63, 3.8) is 0 Å². The predicted octanol–water partition coefficient (Wildman–Crippen LogP) is 2.16. The van der Waals surface area contributed by atoms with Crippen LogP contribution in [0, 0.1) is 13.8 Å². The molecule has 1 aliphatic heterocycles. The number of likely N-dealkylation sites (tertiary alicyclic amines) is 1. The van der Waals surface area contributed by atoms with Crippen molar-refractivity contribution in [2.45, 2.75) is 50.6 Å². The third-order valence-corrected chi connectivity index (χ3v) is 7.19. The Kier molecular flexibility index (Phi) is 7.15. The first-order valence-corrected chi connectivity index (χ1v) is 11.7. The second kappa shape index (κ2) is 9.42. The lowest BCUT2D eigenvalue weighted by Gasteiger charge is -2.33. The van der Waals surface area contributed by atoms with Gasteiger partial charge in [0.15, 0.2) is 0 Å². The number of nitrogens with one attached hydrogen (secondary N) is 1. The van der Waals surface area contributed by atoms with E-state index in [0.717, 1.165) is 38.2 Å². The molecule has 0 amide bonds. The Bertz CT molecular complexity index is 884. The maximum Gasteiger partial charge on any atom is 0.244 e. The van der Waals surface area contributed by atoms with E-state index in [1.54, 1.807) is 17.9 Å². The van der Waals surface area contributed by atoms with Gasteiger partial charge < -0.3 is 9.32 Å². The van der Waals surface area contributed by atoms with Crippen LogP contribution in [0.2, 0.25) is 0 Å². The number of nitrogens with zero attached hydrogens (tertiary/aromatic N) is 4. The third kappa shape index (κ3) is 5.28. The van der Waals surface area contributed by atoms with Crippen LogP contribution in [0.1, 0.15) is 42.5 Å². The van der Waals surface area contributed by atoms with Crippen molar-refractivity contribution in [2.24, 2.45) is 0 Å². The smallest absolute Gasteiger partial charge is 0.244 e. The zero-order valence-electron chi connectivity index (χ0n) is 17.9. The summed E-state index contributed by atoms with van der Waals surface area (Å²) < 4.78 is 36.5. The summed E-state index contributed by atoms with van der Waals surface area (Å²) in [6.07, 6.45) is 5.11. The molecule has 0 spiro atoms. The molecule has 162 valence electrons. The molecular formula is C20H33N5O3S. The Morgan fingerprint density at radius 2 is 1.97 bits per heavy atom. The molecule has 1 N–H and O–H groups in total. The van der Waals surface area contributed by atoms with Crippen molar-refractivity contribution in [1.82, 2.24) is 24.3 Å². The second-order valence-electron chi connectivity index (χ2n) is 8.01. The molecule has 1 unspecified atom stereocenters. The number of aryl methyl sites for hydroxylation is 1. The summed E-state index contributed by atoms with van der Waals surface area (Å²) in [4.78, 5) is 4.65. The van der Waals surface area contributed by atoms with E-state index in [4.69, 9.17) is 4.42 Å². The second-order valence-corrected chi connectivity index (χ2v) is 9.71. The number of sulfonamides is 1. The molecule has 1 atom stereocenters. The predicted molar refractivity (Wildman–Crippen MR) is 112 cm³/mol. The van der Waals surface area contributed by atoms with Gasteiger partial charge in [-0.1, -0.05) is 6.42 Å². The average Bonchev–Trinajstić information content (AvgIpc) is 3.29. The molecule has 0 radical (unpaired) electrons. The van der Waals surface area contributed by atoms with Crippen molar-refractivity contribution < 1.29 is 12.8 Å². The molecular weight excluding hydrogens is 390 g/mol. The Morgan fingerprint density at radius 3 is 2.59 bits per heavy atom. The van der Waals surface area contributed by atoms with Gasteiger partial charge in [0.1, 0.15) is 10.7 Å². The molecule has 2 aromatic rings. The fourth-order valence-electron chi connectivity index (χ4n) is 3.96. The van der Waals surface area contributed by atoms with E-state index in [-0.39, 0.29) is 17.5 Å². The molecule has 0 aliphatic carbocycles. The first-order chi connectivity index (χ1) is 13.8. The summed E-state index contributed by atoms with van der Waals surface area (Å²) in [5.41, 5.74) is 1.20. The molecule has 1 aliphatic rings. The molecule has 0 saturated carbocycles. The van der Waals surface area contributed by atoms with Crippen LogP contribution in [0.15, 0.2) is 27.7 Å². The molecule has 8 nitrogen and oxygen atoms in total. The lowest BCUT2D eigenvalue weighted by molar-refractivity contribution is 0.147. The zero-order chi connectivity index (χ0) is 21.0. The molecule has 3 heterocycles. The fraction of sp³-hybridized carbons (Fsp3) is 0.650. The Balaban J connectivity index is 1.77. The highest BCUT2D eigenvalue weighted by atomic mass is 32.2. The summed E-state index contributed by atoms with van der Waals surface area (Å²) in [6.45, 7) is 7.20. The van der Waals surface area contributed by atoms with Crippen LogP contribution in [0.3, 0.4) is 0 Å². The third-order valence-electron chi connectivity index (χ3n) is 5.51. The average molecular weight is 424 g/mol. The lowest BCUT2D eigenvalue weighted by Crippen LogP contribution is -2.40. The zero-order valence-corrected chi connectivity index (χ0v) is 18.7. The molecule has 0 bridgehead atoms. The maximum absolute atomic E-state index is 13.2. The Morgan fingerprint density at radius 1 is 1.24 bits per heavy atom. The Hall–Kier alpha value is -1.68. The van der Waals surface area contributed by atoms with Crippen molar-refractivity contribution in [3.05, 3.63) is 35.5 Å². The Labute approximate surface area is 173 Å². The largest absolute Gasteiger partial charge is 0.468 e. The maximum atomic E-state index is 13.2. The van der Waals surface area contributed by atoms with Crippen LogP contribution in [0.4, 0.5) is 0 Å². The van der Waals surface area contributed by atoms with Gasteiger partial charge in [-0.2, -0.15) is 5.10 Å². The lowest BCUT2D eigenvalue weighted by atomic mass is 10.1. The van der Waals surface area contributed by atoms with E-state index >= 15 is 0 Å². The van der Waals surface area contributed by atoms with Gasteiger partial charge in [-0.25, -0.2) is 13.1 Å². The highest BCUT2D eigenvalue weighted by Crippen LogP contribution is 2.26. The summed E-state index contributed by atoms with van der Waals surface area (Å²) >= 11 is 0. The SMILES string of the molecule is Cc1nn(CCN(C)C)c(C)c1S(=O)(=O)NCC(c1ccco1)N1CCCCC1. The van der Waals surface area contributed by atoms with E-state index < -0.39 is 10.0 Å². The standard InChI is InChI=1S/C20H33N5O3S/c1-16-20(17(2)25(22-16)13-12-23(3)4)29(26,27)21-15-18(19-9-8-14-28-19)24-10-6-5-7-11-24/h8-9,14,18,21H,5-7,10-13,15H2,1-4H3. The molecule has 0 aromatic carbocycles. The van der Waals surface area contributed by atoms with Crippen LogP contribution in [0.25, 0.3) is 0 Å². The van der Waals surface area contributed by atoms with E-state index in [0.29, 0.717) is 17.9 Å². The molecule has 3 rings (SSSR count).